The fourth-order valence-corrected chi connectivity index (χ4v) is 5.59. The van der Waals surface area contributed by atoms with Crippen LogP contribution in [0.2, 0.25) is 0 Å². The van der Waals surface area contributed by atoms with E-state index in [1.807, 2.05) is 6.92 Å². The first-order chi connectivity index (χ1) is 15.8. The Balaban J connectivity index is 1.61. The predicted octanol–water partition coefficient (Wildman–Crippen LogP) is 0.0471. The van der Waals surface area contributed by atoms with E-state index in [1.165, 1.54) is 4.90 Å². The van der Waals surface area contributed by atoms with Crippen LogP contribution >= 0.6 is 0 Å². The van der Waals surface area contributed by atoms with Crippen LogP contribution < -0.4 is 5.32 Å². The Morgan fingerprint density at radius 2 is 1.55 bits per heavy atom. The van der Waals surface area contributed by atoms with Crippen LogP contribution in [0.15, 0.2) is 0 Å². The maximum Gasteiger partial charge on any atom is 0.328 e. The molecule has 4 heterocycles. The Labute approximate surface area is 193 Å². The highest BCUT2D eigenvalue weighted by atomic mass is 16.5. The van der Waals surface area contributed by atoms with Crippen LogP contribution in [-0.4, -0.2) is 94.7 Å². The van der Waals surface area contributed by atoms with E-state index in [9.17, 15) is 24.0 Å². The SMILES string of the molecule is CC1NC(=O)C2CCCCN2C(=O)C2CCCN2C(=O)CCOC(=O)[C@@H]2C[C@@H](C)CN2C1=O. The molecule has 0 aromatic rings. The van der Waals surface area contributed by atoms with Crippen LogP contribution in [0.3, 0.4) is 0 Å². The Morgan fingerprint density at radius 3 is 2.33 bits per heavy atom. The summed E-state index contributed by atoms with van der Waals surface area (Å²) < 4.78 is 5.38. The number of fused-ring (bicyclic) bond motifs is 3. The number of esters is 1. The molecule has 10 heteroatoms. The number of carbonyl (C=O) groups is 5. The van der Waals surface area contributed by atoms with Crippen LogP contribution in [0.4, 0.5) is 0 Å². The molecule has 0 aliphatic carbocycles. The number of cyclic esters (lactones) is 1. The van der Waals surface area contributed by atoms with Crippen LogP contribution in [0.25, 0.3) is 0 Å². The van der Waals surface area contributed by atoms with Gasteiger partial charge in [0, 0.05) is 19.6 Å². The molecule has 0 bridgehead atoms. The van der Waals surface area contributed by atoms with Crippen molar-refractivity contribution in [3.8, 4) is 0 Å². The van der Waals surface area contributed by atoms with Gasteiger partial charge in [-0.15, -0.1) is 0 Å². The van der Waals surface area contributed by atoms with Crippen molar-refractivity contribution in [1.29, 1.82) is 0 Å². The maximum atomic E-state index is 13.4. The molecule has 4 saturated heterocycles. The molecule has 10 nitrogen and oxygen atoms in total. The molecule has 33 heavy (non-hydrogen) atoms. The second-order valence-corrected chi connectivity index (χ2v) is 9.78. The van der Waals surface area contributed by atoms with Gasteiger partial charge in [-0.2, -0.15) is 0 Å². The van der Waals surface area contributed by atoms with Gasteiger partial charge in [-0.1, -0.05) is 6.92 Å². The number of hydrogen-bond acceptors (Lipinski definition) is 6. The maximum absolute atomic E-state index is 13.4. The standard InChI is InChI=1S/C23H34N4O6/c1-14-12-18-23(32)33-11-8-19(28)25-10-5-7-17(25)22(31)26-9-4-3-6-16(26)20(29)24-15(2)21(30)27(18)13-14/h14-18H,3-13H2,1-2H3,(H,24,29)/t14-,15?,16?,17?,18+/m1/s1. The fraction of sp³-hybridized carbons (Fsp3) is 0.783. The lowest BCUT2D eigenvalue weighted by molar-refractivity contribution is -0.156. The van der Waals surface area contributed by atoms with Gasteiger partial charge in [0.2, 0.25) is 23.6 Å². The second kappa shape index (κ2) is 9.69. The highest BCUT2D eigenvalue weighted by Crippen LogP contribution is 2.27. The summed E-state index contributed by atoms with van der Waals surface area (Å²) in [5.41, 5.74) is 0. The molecule has 4 aliphatic heterocycles. The van der Waals surface area contributed by atoms with Gasteiger partial charge in [-0.05, 0) is 51.4 Å². The van der Waals surface area contributed by atoms with E-state index in [0.29, 0.717) is 45.3 Å². The van der Waals surface area contributed by atoms with Gasteiger partial charge in [-0.3, -0.25) is 19.2 Å². The van der Waals surface area contributed by atoms with Gasteiger partial charge in [0.05, 0.1) is 6.42 Å². The molecule has 0 spiro atoms. The highest BCUT2D eigenvalue weighted by molar-refractivity contribution is 5.95. The second-order valence-electron chi connectivity index (χ2n) is 9.78. The van der Waals surface area contributed by atoms with Gasteiger partial charge < -0.3 is 24.8 Å². The summed E-state index contributed by atoms with van der Waals surface area (Å²) in [5.74, 6) is -1.55. The van der Waals surface area contributed by atoms with Crippen LogP contribution in [0.1, 0.15) is 58.8 Å². The van der Waals surface area contributed by atoms with Crippen molar-refractivity contribution in [3.63, 3.8) is 0 Å². The zero-order valence-electron chi connectivity index (χ0n) is 19.5. The summed E-state index contributed by atoms with van der Waals surface area (Å²) >= 11 is 0. The van der Waals surface area contributed by atoms with Crippen molar-refractivity contribution in [3.05, 3.63) is 0 Å². The van der Waals surface area contributed by atoms with Gasteiger partial charge in [-0.25, -0.2) is 4.79 Å². The van der Waals surface area contributed by atoms with Gasteiger partial charge >= 0.3 is 5.97 Å². The van der Waals surface area contributed by atoms with Crippen molar-refractivity contribution < 1.29 is 28.7 Å². The minimum atomic E-state index is -0.825. The number of nitrogens with one attached hydrogen (secondary N) is 1. The highest BCUT2D eigenvalue weighted by Gasteiger charge is 2.44. The summed E-state index contributed by atoms with van der Waals surface area (Å²) in [6.45, 7) is 4.83. The number of nitrogens with zero attached hydrogens (tertiary/aromatic N) is 3. The van der Waals surface area contributed by atoms with E-state index in [-0.39, 0.29) is 42.6 Å². The molecule has 4 fully saturated rings. The zero-order chi connectivity index (χ0) is 23.7. The van der Waals surface area contributed by atoms with Gasteiger partial charge in [0.15, 0.2) is 0 Å². The van der Waals surface area contributed by atoms with Gasteiger partial charge in [0.25, 0.3) is 0 Å². The predicted molar refractivity (Wildman–Crippen MR) is 117 cm³/mol. The van der Waals surface area contributed by atoms with E-state index < -0.39 is 30.1 Å². The topological polar surface area (TPSA) is 116 Å². The smallest absolute Gasteiger partial charge is 0.328 e. The van der Waals surface area contributed by atoms with E-state index in [2.05, 4.69) is 5.32 Å². The first-order valence-electron chi connectivity index (χ1n) is 12.2. The lowest BCUT2D eigenvalue weighted by Gasteiger charge is -2.38. The molecule has 0 aromatic heterocycles. The zero-order valence-corrected chi connectivity index (χ0v) is 19.5. The summed E-state index contributed by atoms with van der Waals surface area (Å²) in [5, 5.41) is 2.79. The van der Waals surface area contributed by atoms with Crippen molar-refractivity contribution in [1.82, 2.24) is 20.0 Å². The lowest BCUT2D eigenvalue weighted by atomic mass is 9.99. The number of ether oxygens (including phenoxy) is 1. The molecule has 0 saturated carbocycles. The van der Waals surface area contributed by atoms with E-state index in [1.54, 1.807) is 16.7 Å². The molecule has 4 amide bonds. The third-order valence-corrected chi connectivity index (χ3v) is 7.30. The Hall–Kier alpha value is -2.65. The van der Waals surface area contributed by atoms with Crippen LogP contribution in [0, 0.1) is 5.92 Å². The Kier molecular flexibility index (Phi) is 6.90. The molecule has 1 N–H and O–H groups in total. The minimum Gasteiger partial charge on any atom is -0.464 e. The number of rotatable bonds is 0. The van der Waals surface area contributed by atoms with E-state index in [4.69, 9.17) is 4.74 Å². The van der Waals surface area contributed by atoms with Crippen molar-refractivity contribution in [2.45, 2.75) is 83.0 Å². The summed E-state index contributed by atoms with van der Waals surface area (Å²) in [6, 6.07) is -2.80. The first kappa shape index (κ1) is 23.5. The Morgan fingerprint density at radius 1 is 0.818 bits per heavy atom. The van der Waals surface area contributed by atoms with Crippen LogP contribution in [-0.2, 0) is 28.7 Å². The fourth-order valence-electron chi connectivity index (χ4n) is 5.59. The third kappa shape index (κ3) is 4.70. The number of hydrogen-bond donors (Lipinski definition) is 1. The normalized spacial score (nSPS) is 34.5. The van der Waals surface area contributed by atoms with Crippen molar-refractivity contribution in [2.75, 3.05) is 26.2 Å². The largest absolute Gasteiger partial charge is 0.464 e. The summed E-state index contributed by atoms with van der Waals surface area (Å²) in [7, 11) is 0. The molecule has 3 unspecified atom stereocenters. The molecule has 5 atom stereocenters. The van der Waals surface area contributed by atoms with E-state index >= 15 is 0 Å². The molecular formula is C23H34N4O6. The number of carbonyl (C=O) groups excluding carboxylic acids is 5. The molecule has 0 aromatic carbocycles. The first-order valence-corrected chi connectivity index (χ1v) is 12.2. The average Bonchev–Trinajstić information content (AvgIpc) is 3.44. The molecule has 4 aliphatic rings. The monoisotopic (exact) mass is 462 g/mol. The Bertz CT molecular complexity index is 832. The number of amides is 4. The minimum absolute atomic E-state index is 0.00788. The van der Waals surface area contributed by atoms with E-state index in [0.717, 1.165) is 12.8 Å². The summed E-state index contributed by atoms with van der Waals surface area (Å²) in [4.78, 5) is 70.0. The number of piperidine rings is 1. The molecule has 0 radical (unpaired) electrons. The quantitative estimate of drug-likeness (QED) is 0.509. The van der Waals surface area contributed by atoms with Crippen LogP contribution in [0.5, 0.6) is 0 Å². The third-order valence-electron chi connectivity index (χ3n) is 7.30. The lowest BCUT2D eigenvalue weighted by Crippen LogP contribution is -2.59. The summed E-state index contributed by atoms with van der Waals surface area (Å²) in [6.07, 6.45) is 3.88. The van der Waals surface area contributed by atoms with Crippen molar-refractivity contribution >= 4 is 29.6 Å². The average molecular weight is 463 g/mol. The molecule has 182 valence electrons. The molecule has 4 rings (SSSR count). The van der Waals surface area contributed by atoms with Crippen molar-refractivity contribution in [2.24, 2.45) is 5.92 Å². The molecular weight excluding hydrogens is 428 g/mol. The van der Waals surface area contributed by atoms with Gasteiger partial charge in [0.1, 0.15) is 30.8 Å².